The lowest BCUT2D eigenvalue weighted by Crippen LogP contribution is -2.51. The fourth-order valence-corrected chi connectivity index (χ4v) is 5.66. The molecule has 1 aliphatic heterocycles. The molecule has 27 heavy (non-hydrogen) atoms. The van der Waals surface area contributed by atoms with Crippen molar-refractivity contribution in [2.24, 2.45) is 11.8 Å². The number of piperazine rings is 1. The molecular weight excluding hydrogens is 362 g/mol. The van der Waals surface area contributed by atoms with Gasteiger partial charge in [-0.2, -0.15) is 9.67 Å². The van der Waals surface area contributed by atoms with E-state index >= 15 is 0 Å². The predicted molar refractivity (Wildman–Crippen MR) is 108 cm³/mol. The number of aromatic nitrogens is 3. The molecule has 2 saturated carbocycles. The molecular formula is C19H26ClN7. The summed E-state index contributed by atoms with van der Waals surface area (Å²) in [5.74, 6) is 2.36. The van der Waals surface area contributed by atoms with Gasteiger partial charge in [0.15, 0.2) is 0 Å². The number of hydrogen-bond acceptors (Lipinski definition) is 6. The highest BCUT2D eigenvalue weighted by Gasteiger charge is 2.42. The van der Waals surface area contributed by atoms with E-state index in [0.717, 1.165) is 55.4 Å². The lowest BCUT2D eigenvalue weighted by Gasteiger charge is -2.42. The molecule has 7 nitrogen and oxygen atoms in total. The van der Waals surface area contributed by atoms with Crippen molar-refractivity contribution in [3.63, 3.8) is 0 Å². The van der Waals surface area contributed by atoms with Crippen LogP contribution in [0.5, 0.6) is 0 Å². The number of anilines is 3. The normalized spacial score (nSPS) is 28.2. The van der Waals surface area contributed by atoms with Crippen molar-refractivity contribution < 1.29 is 0 Å². The van der Waals surface area contributed by atoms with Crippen molar-refractivity contribution in [2.45, 2.75) is 31.7 Å². The van der Waals surface area contributed by atoms with Crippen LogP contribution in [0.25, 0.3) is 5.69 Å². The first kappa shape index (κ1) is 17.1. The largest absolute Gasteiger partial charge is 0.368 e. The minimum atomic E-state index is 0.157. The van der Waals surface area contributed by atoms with Crippen molar-refractivity contribution in [1.29, 1.82) is 0 Å². The Labute approximate surface area is 164 Å². The van der Waals surface area contributed by atoms with Gasteiger partial charge in [0, 0.05) is 32.2 Å². The average Bonchev–Trinajstić information content (AvgIpc) is 3.37. The van der Waals surface area contributed by atoms with Crippen molar-refractivity contribution in [3.8, 4) is 5.69 Å². The molecule has 2 bridgehead atoms. The van der Waals surface area contributed by atoms with Crippen molar-refractivity contribution >= 4 is 29.2 Å². The molecule has 3 atom stereocenters. The third-order valence-corrected chi connectivity index (χ3v) is 6.95. The zero-order chi connectivity index (χ0) is 18.5. The molecule has 1 saturated heterocycles. The second-order valence-electron chi connectivity index (χ2n) is 8.14. The SMILES string of the molecule is Nc1nc(N)n(-c2ccc(N3CCN([C@H]4C[C@@H]5CC[C@H]4C5)CC3)c(Cl)c2)n1. The Balaban J connectivity index is 1.28. The van der Waals surface area contributed by atoms with Crippen LogP contribution in [0.4, 0.5) is 17.6 Å². The first-order chi connectivity index (χ1) is 13.1. The molecule has 3 aliphatic rings. The van der Waals surface area contributed by atoms with Gasteiger partial charge in [-0.3, -0.25) is 4.90 Å². The van der Waals surface area contributed by atoms with Crippen molar-refractivity contribution in [2.75, 3.05) is 42.5 Å². The van der Waals surface area contributed by atoms with E-state index < -0.39 is 0 Å². The molecule has 1 aromatic heterocycles. The van der Waals surface area contributed by atoms with Gasteiger partial charge in [0.05, 0.1) is 16.4 Å². The van der Waals surface area contributed by atoms with E-state index in [4.69, 9.17) is 23.1 Å². The molecule has 144 valence electrons. The van der Waals surface area contributed by atoms with E-state index in [0.29, 0.717) is 5.02 Å². The molecule has 0 spiro atoms. The van der Waals surface area contributed by atoms with Gasteiger partial charge in [-0.05, 0) is 49.3 Å². The highest BCUT2D eigenvalue weighted by Crippen LogP contribution is 2.46. The quantitative estimate of drug-likeness (QED) is 0.840. The van der Waals surface area contributed by atoms with Crippen LogP contribution in [0.1, 0.15) is 25.7 Å². The number of nitrogens with two attached hydrogens (primary N) is 2. The Hall–Kier alpha value is -1.99. The Morgan fingerprint density at radius 2 is 1.85 bits per heavy atom. The van der Waals surface area contributed by atoms with Gasteiger partial charge in [0.1, 0.15) is 0 Å². The van der Waals surface area contributed by atoms with Gasteiger partial charge in [-0.15, -0.1) is 5.10 Å². The number of nitrogens with zero attached hydrogens (tertiary/aromatic N) is 5. The molecule has 4 N–H and O–H groups in total. The number of fused-ring (bicyclic) bond motifs is 2. The summed E-state index contributed by atoms with van der Waals surface area (Å²) in [4.78, 5) is 9.05. The van der Waals surface area contributed by atoms with Crippen LogP contribution in [-0.4, -0.2) is 51.9 Å². The summed E-state index contributed by atoms with van der Waals surface area (Å²) in [6.07, 6.45) is 5.79. The summed E-state index contributed by atoms with van der Waals surface area (Å²) in [7, 11) is 0. The number of benzene rings is 1. The first-order valence-corrected chi connectivity index (χ1v) is 10.2. The molecule has 3 fully saturated rings. The second-order valence-corrected chi connectivity index (χ2v) is 8.55. The minimum Gasteiger partial charge on any atom is -0.368 e. The summed E-state index contributed by atoms with van der Waals surface area (Å²) >= 11 is 6.60. The minimum absolute atomic E-state index is 0.157. The number of rotatable bonds is 3. The Kier molecular flexibility index (Phi) is 4.16. The van der Waals surface area contributed by atoms with E-state index in [1.807, 2.05) is 18.2 Å². The topological polar surface area (TPSA) is 89.2 Å². The maximum absolute atomic E-state index is 6.60. The summed E-state index contributed by atoms with van der Waals surface area (Å²) in [6.45, 7) is 4.29. The van der Waals surface area contributed by atoms with E-state index in [-0.39, 0.29) is 11.9 Å². The van der Waals surface area contributed by atoms with Crippen LogP contribution in [0.15, 0.2) is 18.2 Å². The molecule has 1 aromatic carbocycles. The Bertz CT molecular complexity index is 843. The second kappa shape index (κ2) is 6.56. The molecule has 2 aliphatic carbocycles. The molecule has 0 amide bonds. The third kappa shape index (κ3) is 3.02. The van der Waals surface area contributed by atoms with E-state index in [9.17, 15) is 0 Å². The molecule has 0 radical (unpaired) electrons. The molecule has 5 rings (SSSR count). The maximum Gasteiger partial charge on any atom is 0.241 e. The molecule has 0 unspecified atom stereocenters. The van der Waals surface area contributed by atoms with Gasteiger partial charge in [0.2, 0.25) is 11.9 Å². The number of hydrogen-bond donors (Lipinski definition) is 2. The Morgan fingerprint density at radius 3 is 2.44 bits per heavy atom. The summed E-state index contributed by atoms with van der Waals surface area (Å²) in [6, 6.07) is 6.71. The highest BCUT2D eigenvalue weighted by molar-refractivity contribution is 6.33. The predicted octanol–water partition coefficient (Wildman–Crippen LogP) is 2.40. The lowest BCUT2D eigenvalue weighted by atomic mass is 9.93. The maximum atomic E-state index is 6.60. The monoisotopic (exact) mass is 387 g/mol. The van der Waals surface area contributed by atoms with E-state index in [1.54, 1.807) is 0 Å². The van der Waals surface area contributed by atoms with Gasteiger partial charge in [-0.25, -0.2) is 0 Å². The van der Waals surface area contributed by atoms with E-state index in [2.05, 4.69) is 19.9 Å². The summed E-state index contributed by atoms with van der Waals surface area (Å²) in [5.41, 5.74) is 13.3. The molecule has 2 aromatic rings. The van der Waals surface area contributed by atoms with Gasteiger partial charge in [-0.1, -0.05) is 18.0 Å². The van der Waals surface area contributed by atoms with Gasteiger partial charge < -0.3 is 16.4 Å². The van der Waals surface area contributed by atoms with Gasteiger partial charge >= 0.3 is 0 Å². The van der Waals surface area contributed by atoms with Crippen LogP contribution in [-0.2, 0) is 0 Å². The van der Waals surface area contributed by atoms with E-state index in [1.165, 1.54) is 30.4 Å². The zero-order valence-electron chi connectivity index (χ0n) is 15.4. The molecule has 8 heteroatoms. The fraction of sp³-hybridized carbons (Fsp3) is 0.579. The summed E-state index contributed by atoms with van der Waals surface area (Å²) in [5, 5.41) is 4.82. The van der Waals surface area contributed by atoms with Crippen molar-refractivity contribution in [1.82, 2.24) is 19.7 Å². The van der Waals surface area contributed by atoms with Crippen molar-refractivity contribution in [3.05, 3.63) is 23.2 Å². The van der Waals surface area contributed by atoms with Crippen LogP contribution >= 0.6 is 11.6 Å². The van der Waals surface area contributed by atoms with Crippen LogP contribution in [0, 0.1) is 11.8 Å². The van der Waals surface area contributed by atoms with Crippen LogP contribution in [0.3, 0.4) is 0 Å². The number of halogens is 1. The van der Waals surface area contributed by atoms with Crippen LogP contribution in [0.2, 0.25) is 5.02 Å². The smallest absolute Gasteiger partial charge is 0.241 e. The molecule has 2 heterocycles. The van der Waals surface area contributed by atoms with Gasteiger partial charge in [0.25, 0.3) is 0 Å². The fourth-order valence-electron chi connectivity index (χ4n) is 5.37. The standard InChI is InChI=1S/C19H26ClN7/c20-15-11-14(27-19(22)23-18(21)24-27)3-4-16(15)25-5-7-26(8-6-25)17-10-12-1-2-13(17)9-12/h3-4,11-13,17H,1-2,5-10H2,(H4,21,22,23,24)/t12-,13+,17+/m1/s1. The average molecular weight is 388 g/mol. The number of nitrogen functional groups attached to an aromatic ring is 2. The highest BCUT2D eigenvalue weighted by atomic mass is 35.5. The third-order valence-electron chi connectivity index (χ3n) is 6.65. The zero-order valence-corrected chi connectivity index (χ0v) is 16.1. The van der Waals surface area contributed by atoms with Crippen LogP contribution < -0.4 is 16.4 Å². The summed E-state index contributed by atoms with van der Waals surface area (Å²) < 4.78 is 1.51. The Morgan fingerprint density at radius 1 is 1.04 bits per heavy atom. The first-order valence-electron chi connectivity index (χ1n) is 9.85. The lowest BCUT2D eigenvalue weighted by molar-refractivity contribution is 0.135.